The number of hydrogen-bond donors (Lipinski definition) is 2. The summed E-state index contributed by atoms with van der Waals surface area (Å²) in [7, 11) is 0. The van der Waals surface area contributed by atoms with Gasteiger partial charge in [-0.3, -0.25) is 9.79 Å². The van der Waals surface area contributed by atoms with Crippen LogP contribution in [0.15, 0.2) is 45.0 Å². The molecule has 0 saturated carbocycles. The van der Waals surface area contributed by atoms with Gasteiger partial charge >= 0.3 is 0 Å². The number of nitrogens with zero attached hydrogens (tertiary/aromatic N) is 1. The minimum Gasteiger partial charge on any atom is -0.386 e. The number of halogens is 1. The van der Waals surface area contributed by atoms with Gasteiger partial charge in [0.05, 0.1) is 12.6 Å². The first kappa shape index (κ1) is 14.3. The van der Waals surface area contributed by atoms with Crippen molar-refractivity contribution in [2.45, 2.75) is 19.9 Å². The van der Waals surface area contributed by atoms with Crippen molar-refractivity contribution in [1.29, 1.82) is 0 Å². The maximum atomic E-state index is 12.3. The van der Waals surface area contributed by atoms with Crippen molar-refractivity contribution in [3.05, 3.63) is 45.6 Å². The largest absolute Gasteiger partial charge is 0.386 e. The Labute approximate surface area is 132 Å². The molecule has 1 saturated heterocycles. The summed E-state index contributed by atoms with van der Waals surface area (Å²) in [6.07, 6.45) is 0. The molecule has 21 heavy (non-hydrogen) atoms. The Hall–Kier alpha value is -1.62. The van der Waals surface area contributed by atoms with Gasteiger partial charge in [0, 0.05) is 22.3 Å². The van der Waals surface area contributed by atoms with Crippen LogP contribution in [0.1, 0.15) is 25.5 Å². The molecule has 0 radical (unpaired) electrons. The van der Waals surface area contributed by atoms with Crippen molar-refractivity contribution in [2.75, 3.05) is 13.1 Å². The highest BCUT2D eigenvalue weighted by atomic mass is 79.9. The van der Waals surface area contributed by atoms with Crippen molar-refractivity contribution in [3.63, 3.8) is 0 Å². The Morgan fingerprint density at radius 2 is 2.00 bits per heavy atom. The molecule has 2 aliphatic heterocycles. The van der Waals surface area contributed by atoms with E-state index in [-0.39, 0.29) is 11.9 Å². The van der Waals surface area contributed by atoms with Crippen LogP contribution in [-0.4, -0.2) is 24.7 Å². The normalized spacial score (nSPS) is 21.6. The van der Waals surface area contributed by atoms with Crippen LogP contribution in [0.5, 0.6) is 0 Å². The van der Waals surface area contributed by atoms with Crippen molar-refractivity contribution in [3.8, 4) is 0 Å². The molecule has 0 bridgehead atoms. The third kappa shape index (κ3) is 2.62. The first-order valence-corrected chi connectivity index (χ1v) is 7.96. The van der Waals surface area contributed by atoms with Crippen LogP contribution in [0.2, 0.25) is 0 Å². The van der Waals surface area contributed by atoms with Gasteiger partial charge in [-0.2, -0.15) is 0 Å². The molecule has 0 aliphatic carbocycles. The molecule has 2 aliphatic rings. The van der Waals surface area contributed by atoms with E-state index in [0.717, 1.165) is 27.9 Å². The van der Waals surface area contributed by atoms with E-state index in [1.165, 1.54) is 0 Å². The second-order valence-electron chi connectivity index (χ2n) is 5.60. The molecule has 1 aromatic rings. The van der Waals surface area contributed by atoms with Gasteiger partial charge in [-0.1, -0.05) is 41.9 Å². The number of carbonyl (C=O) groups excluding carboxylic acids is 1. The smallest absolute Gasteiger partial charge is 0.270 e. The highest BCUT2D eigenvalue weighted by molar-refractivity contribution is 9.10. The van der Waals surface area contributed by atoms with Gasteiger partial charge in [0.25, 0.3) is 5.91 Å². The number of aliphatic imine (C=N–C) groups is 1. The maximum Gasteiger partial charge on any atom is 0.270 e. The summed E-state index contributed by atoms with van der Waals surface area (Å²) < 4.78 is 1.03. The maximum absolute atomic E-state index is 12.3. The quantitative estimate of drug-likeness (QED) is 0.863. The second-order valence-corrected chi connectivity index (χ2v) is 6.51. The number of hydrogen-bond acceptors (Lipinski definition) is 3. The van der Waals surface area contributed by atoms with Gasteiger partial charge in [-0.25, -0.2) is 0 Å². The molecule has 1 aromatic carbocycles. The van der Waals surface area contributed by atoms with Crippen molar-refractivity contribution in [2.24, 2.45) is 10.9 Å². The average Bonchev–Trinajstić information content (AvgIpc) is 2.65. The van der Waals surface area contributed by atoms with Crippen LogP contribution in [0.25, 0.3) is 0 Å². The minimum absolute atomic E-state index is 0.0697. The predicted octanol–water partition coefficient (Wildman–Crippen LogP) is 2.57. The highest BCUT2D eigenvalue weighted by Gasteiger charge is 2.38. The van der Waals surface area contributed by atoms with Crippen LogP contribution in [-0.2, 0) is 4.79 Å². The lowest BCUT2D eigenvalue weighted by atomic mass is 9.93. The standard InChI is InChI=1S/C16H18BrN3O/c1-9(2)13-12-14(10-3-5-11(17)6-4-10)20-16(21)15(12)19-8-7-18-13/h3-6,9,14,18H,7-8H2,1-2H3,(H,20,21). The second kappa shape index (κ2) is 5.64. The third-order valence-corrected chi connectivity index (χ3v) is 4.33. The average molecular weight is 348 g/mol. The van der Waals surface area contributed by atoms with Crippen LogP contribution >= 0.6 is 15.9 Å². The molecule has 1 atom stereocenters. The summed E-state index contributed by atoms with van der Waals surface area (Å²) in [5.41, 5.74) is 3.80. The van der Waals surface area contributed by atoms with E-state index in [4.69, 9.17) is 0 Å². The first-order valence-electron chi connectivity index (χ1n) is 7.17. The van der Waals surface area contributed by atoms with Crippen LogP contribution in [0.3, 0.4) is 0 Å². The Morgan fingerprint density at radius 3 is 2.67 bits per heavy atom. The van der Waals surface area contributed by atoms with Gasteiger partial charge in [-0.15, -0.1) is 0 Å². The molecular formula is C16H18BrN3O. The molecule has 1 amide bonds. The van der Waals surface area contributed by atoms with Crippen molar-refractivity contribution in [1.82, 2.24) is 10.6 Å². The van der Waals surface area contributed by atoms with Gasteiger partial charge < -0.3 is 10.6 Å². The van der Waals surface area contributed by atoms with E-state index in [1.54, 1.807) is 0 Å². The zero-order chi connectivity index (χ0) is 15.0. The zero-order valence-corrected chi connectivity index (χ0v) is 13.7. The number of carbonyl (C=O) groups is 1. The molecule has 1 unspecified atom stereocenters. The van der Waals surface area contributed by atoms with Gasteiger partial charge in [-0.05, 0) is 23.6 Å². The summed E-state index contributed by atoms with van der Waals surface area (Å²) in [5.74, 6) is 0.258. The molecule has 0 spiro atoms. The minimum atomic E-state index is -0.118. The number of allylic oxidation sites excluding steroid dienone is 1. The molecule has 2 heterocycles. The lowest BCUT2D eigenvalue weighted by Crippen LogP contribution is -2.24. The lowest BCUT2D eigenvalue weighted by molar-refractivity contribution is -0.114. The van der Waals surface area contributed by atoms with E-state index >= 15 is 0 Å². The van der Waals surface area contributed by atoms with E-state index < -0.39 is 0 Å². The fourth-order valence-electron chi connectivity index (χ4n) is 2.84. The number of fused-ring (bicyclic) bond motifs is 1. The van der Waals surface area contributed by atoms with E-state index in [1.807, 2.05) is 24.3 Å². The Kier molecular flexibility index (Phi) is 3.85. The zero-order valence-electron chi connectivity index (χ0n) is 12.1. The molecule has 1 fully saturated rings. The summed E-state index contributed by atoms with van der Waals surface area (Å²) in [6.45, 7) is 5.69. The fourth-order valence-corrected chi connectivity index (χ4v) is 3.11. The van der Waals surface area contributed by atoms with Crippen molar-refractivity contribution < 1.29 is 4.79 Å². The Balaban J connectivity index is 2.12. The Morgan fingerprint density at radius 1 is 1.29 bits per heavy atom. The number of rotatable bonds is 2. The van der Waals surface area contributed by atoms with Gasteiger partial charge in [0.2, 0.25) is 0 Å². The lowest BCUT2D eigenvalue weighted by Gasteiger charge is -2.20. The molecule has 4 nitrogen and oxygen atoms in total. The molecule has 5 heteroatoms. The molecule has 0 aromatic heterocycles. The van der Waals surface area contributed by atoms with E-state index in [9.17, 15) is 4.79 Å². The number of amides is 1. The van der Waals surface area contributed by atoms with Gasteiger partial charge in [0.1, 0.15) is 5.71 Å². The van der Waals surface area contributed by atoms with Crippen molar-refractivity contribution >= 4 is 27.5 Å². The third-order valence-electron chi connectivity index (χ3n) is 3.80. The van der Waals surface area contributed by atoms with Crippen LogP contribution in [0.4, 0.5) is 0 Å². The summed E-state index contributed by atoms with van der Waals surface area (Å²) in [4.78, 5) is 16.7. The van der Waals surface area contributed by atoms with Crippen LogP contribution < -0.4 is 10.6 Å². The molecule has 2 N–H and O–H groups in total. The summed E-state index contributed by atoms with van der Waals surface area (Å²) in [6, 6.07) is 7.95. The number of nitrogens with one attached hydrogen (secondary N) is 2. The first-order chi connectivity index (χ1) is 10.1. The predicted molar refractivity (Wildman–Crippen MR) is 87.2 cm³/mol. The Bertz CT molecular complexity index is 631. The number of benzene rings is 1. The van der Waals surface area contributed by atoms with Gasteiger partial charge in [0.15, 0.2) is 0 Å². The van der Waals surface area contributed by atoms with E-state index in [0.29, 0.717) is 18.2 Å². The van der Waals surface area contributed by atoms with E-state index in [2.05, 4.69) is 45.4 Å². The molecule has 3 rings (SSSR count). The van der Waals surface area contributed by atoms with Crippen LogP contribution in [0, 0.1) is 5.92 Å². The topological polar surface area (TPSA) is 53.5 Å². The monoisotopic (exact) mass is 347 g/mol. The SMILES string of the molecule is CC(C)C1=C2C(=NCCN1)C(=O)NC2c1ccc(Br)cc1. The summed E-state index contributed by atoms with van der Waals surface area (Å²) in [5, 5.41) is 6.51. The fraction of sp³-hybridized carbons (Fsp3) is 0.375. The summed E-state index contributed by atoms with van der Waals surface area (Å²) >= 11 is 3.45. The molecule has 110 valence electrons. The highest BCUT2D eigenvalue weighted by Crippen LogP contribution is 2.33. The molecular weight excluding hydrogens is 330 g/mol.